The Kier molecular flexibility index (Phi) is 2.27. The molecule has 3 N–H and O–H groups in total. The van der Waals surface area contributed by atoms with Gasteiger partial charge < -0.3 is 5.32 Å². The van der Waals surface area contributed by atoms with Crippen LogP contribution in [0.1, 0.15) is 17.9 Å². The van der Waals surface area contributed by atoms with Gasteiger partial charge in [0.1, 0.15) is 0 Å². The molecule has 0 saturated carbocycles. The molecule has 0 amide bonds. The van der Waals surface area contributed by atoms with Crippen LogP contribution in [0.15, 0.2) is 35.2 Å². The van der Waals surface area contributed by atoms with Gasteiger partial charge in [0.2, 0.25) is 10.0 Å². The van der Waals surface area contributed by atoms with Crippen molar-refractivity contribution >= 4 is 15.7 Å². The molecule has 5 heteroatoms. The molecule has 2 atom stereocenters. The minimum Gasteiger partial charge on any atom is -0.384 e. The molecule has 0 aromatic heterocycles. The zero-order chi connectivity index (χ0) is 12.0. The monoisotopic (exact) mass is 250 g/mol. The van der Waals surface area contributed by atoms with Gasteiger partial charge in [-0.05, 0) is 36.1 Å². The Morgan fingerprint density at radius 2 is 2.18 bits per heavy atom. The first-order valence-electron chi connectivity index (χ1n) is 5.63. The number of fused-ring (bicyclic) bond motifs is 3. The summed E-state index contributed by atoms with van der Waals surface area (Å²) in [7, 11) is -3.62. The fourth-order valence-corrected chi connectivity index (χ4v) is 3.22. The average Bonchev–Trinajstić information content (AvgIpc) is 2.75. The van der Waals surface area contributed by atoms with Gasteiger partial charge >= 0.3 is 0 Å². The number of nitrogens with two attached hydrogens (primary N) is 1. The third-order valence-electron chi connectivity index (χ3n) is 3.56. The number of sulfonamides is 1. The molecule has 1 aliphatic carbocycles. The number of nitrogens with one attached hydrogen (secondary N) is 1. The molecule has 17 heavy (non-hydrogen) atoms. The van der Waals surface area contributed by atoms with E-state index < -0.39 is 10.0 Å². The Morgan fingerprint density at radius 3 is 2.94 bits per heavy atom. The van der Waals surface area contributed by atoms with Crippen LogP contribution in [0.5, 0.6) is 0 Å². The van der Waals surface area contributed by atoms with E-state index in [2.05, 4.69) is 17.5 Å². The van der Waals surface area contributed by atoms with Gasteiger partial charge in [0.15, 0.2) is 0 Å². The molecule has 90 valence electrons. The van der Waals surface area contributed by atoms with Crippen molar-refractivity contribution in [2.75, 3.05) is 11.9 Å². The van der Waals surface area contributed by atoms with Gasteiger partial charge in [0.25, 0.3) is 0 Å². The minimum absolute atomic E-state index is 0.194. The van der Waals surface area contributed by atoms with Crippen molar-refractivity contribution in [3.05, 3.63) is 35.9 Å². The molecule has 2 aliphatic rings. The van der Waals surface area contributed by atoms with Gasteiger partial charge in [0.05, 0.1) is 4.90 Å². The zero-order valence-corrected chi connectivity index (χ0v) is 10.1. The molecule has 4 nitrogen and oxygen atoms in total. The van der Waals surface area contributed by atoms with Crippen molar-refractivity contribution in [3.63, 3.8) is 0 Å². The highest BCUT2D eigenvalue weighted by molar-refractivity contribution is 7.89. The number of hydrogen-bond acceptors (Lipinski definition) is 3. The third kappa shape index (κ3) is 1.75. The lowest BCUT2D eigenvalue weighted by Crippen LogP contribution is -2.25. The number of primary sulfonamides is 1. The normalized spacial score (nSPS) is 26.2. The summed E-state index contributed by atoms with van der Waals surface area (Å²) in [5.74, 6) is 0.867. The van der Waals surface area contributed by atoms with Crippen LogP contribution in [0.2, 0.25) is 0 Å². The Morgan fingerprint density at radius 1 is 1.35 bits per heavy atom. The van der Waals surface area contributed by atoms with Crippen LogP contribution in [0.4, 0.5) is 5.69 Å². The SMILES string of the molecule is NS(=O)(=O)c1ccc2c(c1)C1C=CCC1CN2. The van der Waals surface area contributed by atoms with Crippen LogP contribution in [0, 0.1) is 5.92 Å². The maximum atomic E-state index is 11.4. The van der Waals surface area contributed by atoms with E-state index in [1.165, 1.54) is 0 Å². The predicted molar refractivity (Wildman–Crippen MR) is 66.3 cm³/mol. The molecular formula is C12H14N2O2S. The number of benzene rings is 1. The van der Waals surface area contributed by atoms with Crippen molar-refractivity contribution in [1.29, 1.82) is 0 Å². The van der Waals surface area contributed by atoms with E-state index in [4.69, 9.17) is 5.14 Å². The fraction of sp³-hybridized carbons (Fsp3) is 0.333. The molecule has 0 bridgehead atoms. The first-order chi connectivity index (χ1) is 8.05. The Balaban J connectivity index is 2.13. The molecule has 0 radical (unpaired) electrons. The zero-order valence-electron chi connectivity index (χ0n) is 9.26. The lowest BCUT2D eigenvalue weighted by atomic mass is 9.85. The highest BCUT2D eigenvalue weighted by Crippen LogP contribution is 2.42. The van der Waals surface area contributed by atoms with Gasteiger partial charge in [-0.15, -0.1) is 0 Å². The second-order valence-electron chi connectivity index (χ2n) is 4.62. The highest BCUT2D eigenvalue weighted by Gasteiger charge is 2.30. The average molecular weight is 250 g/mol. The topological polar surface area (TPSA) is 72.2 Å². The summed E-state index contributed by atoms with van der Waals surface area (Å²) in [6, 6.07) is 5.06. The summed E-state index contributed by atoms with van der Waals surface area (Å²) in [6.07, 6.45) is 5.38. The van der Waals surface area contributed by atoms with Crippen molar-refractivity contribution in [2.45, 2.75) is 17.2 Å². The standard InChI is InChI=1S/C12H14N2O2S/c13-17(15,16)9-4-5-12-11(6-9)10-3-1-2-8(10)7-14-12/h1,3-6,8,10,14H,2,7H2,(H2,13,15,16). The first-order valence-corrected chi connectivity index (χ1v) is 7.17. The number of allylic oxidation sites excluding steroid dienone is 2. The molecule has 0 fully saturated rings. The Bertz CT molecular complexity index is 593. The molecule has 2 unspecified atom stereocenters. The number of hydrogen-bond donors (Lipinski definition) is 2. The Hall–Kier alpha value is -1.33. The summed E-state index contributed by atoms with van der Waals surface area (Å²) in [4.78, 5) is 0.194. The summed E-state index contributed by atoms with van der Waals surface area (Å²) in [5.41, 5.74) is 2.06. The predicted octanol–water partition coefficient (Wildman–Crippen LogP) is 1.42. The van der Waals surface area contributed by atoms with E-state index in [1.807, 2.05) is 0 Å². The molecule has 1 aliphatic heterocycles. The number of rotatable bonds is 1. The van der Waals surface area contributed by atoms with E-state index in [-0.39, 0.29) is 4.90 Å². The first kappa shape index (κ1) is 10.8. The van der Waals surface area contributed by atoms with Gasteiger partial charge in [-0.1, -0.05) is 12.2 Å². The molecule has 3 rings (SSSR count). The lowest BCUT2D eigenvalue weighted by Gasteiger charge is -2.29. The van der Waals surface area contributed by atoms with Crippen molar-refractivity contribution in [2.24, 2.45) is 11.1 Å². The second kappa shape index (κ2) is 3.58. The van der Waals surface area contributed by atoms with Crippen LogP contribution < -0.4 is 10.5 Å². The van der Waals surface area contributed by atoms with Crippen LogP contribution in [0.3, 0.4) is 0 Å². The lowest BCUT2D eigenvalue weighted by molar-refractivity contribution is 0.521. The maximum Gasteiger partial charge on any atom is 0.238 e. The minimum atomic E-state index is -3.62. The maximum absolute atomic E-state index is 11.4. The summed E-state index contributed by atoms with van der Waals surface area (Å²) >= 11 is 0. The van der Waals surface area contributed by atoms with Crippen LogP contribution in [0.25, 0.3) is 0 Å². The molecule has 0 spiro atoms. The summed E-state index contributed by atoms with van der Waals surface area (Å²) in [6.45, 7) is 0.944. The third-order valence-corrected chi connectivity index (χ3v) is 4.47. The Labute approximate surface area is 101 Å². The van der Waals surface area contributed by atoms with E-state index in [0.717, 1.165) is 24.2 Å². The van der Waals surface area contributed by atoms with Gasteiger partial charge in [-0.3, -0.25) is 0 Å². The van der Waals surface area contributed by atoms with Crippen molar-refractivity contribution in [3.8, 4) is 0 Å². The van der Waals surface area contributed by atoms with Gasteiger partial charge in [-0.25, -0.2) is 13.6 Å². The van der Waals surface area contributed by atoms with E-state index >= 15 is 0 Å². The second-order valence-corrected chi connectivity index (χ2v) is 6.19. The molecule has 1 heterocycles. The van der Waals surface area contributed by atoms with Crippen LogP contribution in [-0.2, 0) is 10.0 Å². The fourth-order valence-electron chi connectivity index (χ4n) is 2.67. The highest BCUT2D eigenvalue weighted by atomic mass is 32.2. The van der Waals surface area contributed by atoms with Crippen molar-refractivity contribution in [1.82, 2.24) is 0 Å². The van der Waals surface area contributed by atoms with E-state index in [9.17, 15) is 8.42 Å². The number of anilines is 1. The van der Waals surface area contributed by atoms with Crippen LogP contribution in [-0.4, -0.2) is 15.0 Å². The smallest absolute Gasteiger partial charge is 0.238 e. The molecular weight excluding hydrogens is 236 g/mol. The van der Waals surface area contributed by atoms with Crippen LogP contribution >= 0.6 is 0 Å². The summed E-state index contributed by atoms with van der Waals surface area (Å²) in [5, 5.41) is 8.50. The van der Waals surface area contributed by atoms with Gasteiger partial charge in [-0.2, -0.15) is 0 Å². The van der Waals surface area contributed by atoms with E-state index in [0.29, 0.717) is 11.8 Å². The largest absolute Gasteiger partial charge is 0.384 e. The van der Waals surface area contributed by atoms with E-state index in [1.54, 1.807) is 18.2 Å². The molecule has 0 saturated heterocycles. The van der Waals surface area contributed by atoms with Crippen molar-refractivity contribution < 1.29 is 8.42 Å². The molecule has 1 aromatic carbocycles. The quantitative estimate of drug-likeness (QED) is 0.740. The van der Waals surface area contributed by atoms with Gasteiger partial charge in [0, 0.05) is 18.2 Å². The summed E-state index contributed by atoms with van der Waals surface area (Å²) < 4.78 is 22.7. The molecule has 1 aromatic rings.